The molecule has 1 N–H and O–H groups in total. The zero-order valence-electron chi connectivity index (χ0n) is 11.6. The molecule has 2 aromatic carbocycles. The molecule has 2 aromatic rings. The SMILES string of the molecule is PNc1ccc(/C=C/C=C/c2ccc(N(P)P)cc2)cc1. The van der Waals surface area contributed by atoms with Crippen LogP contribution >= 0.6 is 28.2 Å². The van der Waals surface area contributed by atoms with Gasteiger partial charge in [-0.15, -0.1) is 0 Å². The molecule has 3 unspecified atom stereocenters. The van der Waals surface area contributed by atoms with Crippen LogP contribution in [0.25, 0.3) is 12.2 Å². The molecule has 0 amide bonds. The topological polar surface area (TPSA) is 15.3 Å². The van der Waals surface area contributed by atoms with Gasteiger partial charge in [0.2, 0.25) is 0 Å². The van der Waals surface area contributed by atoms with Crippen LogP contribution in [0.3, 0.4) is 0 Å². The van der Waals surface area contributed by atoms with E-state index in [1.165, 1.54) is 11.1 Å². The van der Waals surface area contributed by atoms with E-state index >= 15 is 0 Å². The first-order valence-corrected chi connectivity index (χ1v) is 8.11. The molecular weight excluding hydrogens is 313 g/mol. The van der Waals surface area contributed by atoms with E-state index in [1.54, 1.807) is 0 Å². The third-order valence-electron chi connectivity index (χ3n) is 2.96. The summed E-state index contributed by atoms with van der Waals surface area (Å²) in [6, 6.07) is 16.6. The summed E-state index contributed by atoms with van der Waals surface area (Å²) in [5.41, 5.74) is 4.59. The van der Waals surface area contributed by atoms with E-state index in [4.69, 9.17) is 0 Å². The Bertz CT molecular complexity index is 617. The molecule has 0 bridgehead atoms. The van der Waals surface area contributed by atoms with Crippen LogP contribution in [0, 0.1) is 0 Å². The van der Waals surface area contributed by atoms with Crippen LogP contribution in [0.15, 0.2) is 60.7 Å². The Balaban J connectivity index is 1.96. The van der Waals surface area contributed by atoms with Crippen LogP contribution in [0.4, 0.5) is 11.4 Å². The van der Waals surface area contributed by atoms with Gasteiger partial charge in [-0.2, -0.15) is 0 Å². The van der Waals surface area contributed by atoms with Gasteiger partial charge in [0, 0.05) is 11.4 Å². The summed E-state index contributed by atoms with van der Waals surface area (Å²) in [5.74, 6) is 0. The predicted molar refractivity (Wildman–Crippen MR) is 106 cm³/mol. The van der Waals surface area contributed by atoms with Gasteiger partial charge in [-0.1, -0.05) is 48.6 Å². The fraction of sp³-hybridized carbons (Fsp3) is 0. The van der Waals surface area contributed by atoms with E-state index in [2.05, 4.69) is 94.0 Å². The molecule has 3 atom stereocenters. The van der Waals surface area contributed by atoms with E-state index in [9.17, 15) is 0 Å². The van der Waals surface area contributed by atoms with Gasteiger partial charge in [0.25, 0.3) is 0 Å². The molecule has 2 rings (SSSR count). The molecule has 21 heavy (non-hydrogen) atoms. The zero-order chi connectivity index (χ0) is 15.1. The Morgan fingerprint density at radius 1 is 0.762 bits per heavy atom. The fourth-order valence-electron chi connectivity index (χ4n) is 1.78. The lowest BCUT2D eigenvalue weighted by Gasteiger charge is -2.10. The minimum Gasteiger partial charge on any atom is -0.369 e. The lowest BCUT2D eigenvalue weighted by Crippen LogP contribution is -1.88. The molecule has 0 aliphatic rings. The molecule has 2 nitrogen and oxygen atoms in total. The van der Waals surface area contributed by atoms with Crippen molar-refractivity contribution in [3.05, 3.63) is 71.8 Å². The standard InChI is InChI=1S/C16H19N2P3/c19-17-15-9-5-13(6-10-15)3-1-2-4-14-7-11-16(12-8-14)18(20)21/h1-12,17H,19-21H2/b3-1+,4-2+. The summed E-state index contributed by atoms with van der Waals surface area (Å²) in [6.07, 6.45) is 8.28. The van der Waals surface area contributed by atoms with Crippen molar-refractivity contribution >= 4 is 51.7 Å². The van der Waals surface area contributed by atoms with Crippen molar-refractivity contribution in [1.82, 2.24) is 0 Å². The first-order valence-electron chi connectivity index (χ1n) is 6.50. The molecule has 0 aromatic heterocycles. The molecule has 0 fully saturated rings. The Morgan fingerprint density at radius 2 is 1.24 bits per heavy atom. The van der Waals surface area contributed by atoms with Crippen LogP contribution in [0.2, 0.25) is 0 Å². The maximum Gasteiger partial charge on any atom is 0.0423 e. The third-order valence-corrected chi connectivity index (χ3v) is 3.89. The first kappa shape index (κ1) is 16.2. The largest absolute Gasteiger partial charge is 0.369 e. The molecule has 108 valence electrons. The summed E-state index contributed by atoms with van der Waals surface area (Å²) in [6.45, 7) is 0. The highest BCUT2D eigenvalue weighted by atomic mass is 31.1. The van der Waals surface area contributed by atoms with E-state index in [0.717, 1.165) is 11.4 Å². The lowest BCUT2D eigenvalue weighted by molar-refractivity contribution is 1.58. The van der Waals surface area contributed by atoms with Crippen LogP contribution in [-0.2, 0) is 0 Å². The van der Waals surface area contributed by atoms with Gasteiger partial charge >= 0.3 is 0 Å². The fourth-order valence-corrected chi connectivity index (χ4v) is 2.32. The van der Waals surface area contributed by atoms with Crippen molar-refractivity contribution < 1.29 is 0 Å². The van der Waals surface area contributed by atoms with Crippen molar-refractivity contribution in [2.45, 2.75) is 0 Å². The maximum atomic E-state index is 3.03. The molecule has 0 radical (unpaired) electrons. The number of nitrogens with zero attached hydrogens (tertiary/aromatic N) is 1. The summed E-state index contributed by atoms with van der Waals surface area (Å²) in [4.78, 5) is 0. The number of hydrogen-bond donors (Lipinski definition) is 1. The summed E-state index contributed by atoms with van der Waals surface area (Å²) < 4.78 is 1.93. The van der Waals surface area contributed by atoms with Crippen molar-refractivity contribution in [3.63, 3.8) is 0 Å². The molecule has 0 heterocycles. The second-order valence-corrected chi connectivity index (χ2v) is 6.48. The maximum absolute atomic E-state index is 3.03. The van der Waals surface area contributed by atoms with Crippen molar-refractivity contribution in [2.24, 2.45) is 0 Å². The van der Waals surface area contributed by atoms with Gasteiger partial charge in [0.1, 0.15) is 0 Å². The second-order valence-electron chi connectivity index (χ2n) is 4.48. The highest BCUT2D eigenvalue weighted by Gasteiger charge is 1.93. The molecule has 0 saturated heterocycles. The first-order chi connectivity index (χ1) is 10.2. The molecule has 0 aliphatic carbocycles. The monoisotopic (exact) mass is 332 g/mol. The van der Waals surface area contributed by atoms with Crippen molar-refractivity contribution in [1.29, 1.82) is 0 Å². The van der Waals surface area contributed by atoms with E-state index in [0.29, 0.717) is 0 Å². The third kappa shape index (κ3) is 5.25. The van der Waals surface area contributed by atoms with Gasteiger partial charge in [-0.3, -0.25) is 0 Å². The molecule has 0 aliphatic heterocycles. The Hall–Kier alpha value is -1.19. The zero-order valence-corrected chi connectivity index (χ0v) is 15.1. The Kier molecular flexibility index (Phi) is 6.40. The Morgan fingerprint density at radius 3 is 1.67 bits per heavy atom. The van der Waals surface area contributed by atoms with Gasteiger partial charge in [0.15, 0.2) is 0 Å². The van der Waals surface area contributed by atoms with Crippen LogP contribution in [0.1, 0.15) is 11.1 Å². The van der Waals surface area contributed by atoms with Crippen molar-refractivity contribution in [3.8, 4) is 0 Å². The molecule has 5 heteroatoms. The van der Waals surface area contributed by atoms with Gasteiger partial charge in [-0.05, 0) is 63.6 Å². The Labute approximate surface area is 133 Å². The number of anilines is 2. The van der Waals surface area contributed by atoms with Crippen LogP contribution in [0.5, 0.6) is 0 Å². The average molecular weight is 332 g/mol. The number of rotatable bonds is 5. The van der Waals surface area contributed by atoms with E-state index in [1.807, 2.05) is 16.6 Å². The van der Waals surface area contributed by atoms with Gasteiger partial charge in [-0.25, -0.2) is 0 Å². The number of allylic oxidation sites excluding steroid dienone is 2. The highest BCUT2D eigenvalue weighted by molar-refractivity contribution is 7.39. The van der Waals surface area contributed by atoms with Crippen LogP contribution < -0.4 is 9.53 Å². The van der Waals surface area contributed by atoms with Crippen LogP contribution in [-0.4, -0.2) is 0 Å². The predicted octanol–water partition coefficient (Wildman–Crippen LogP) is 5.00. The summed E-state index contributed by atoms with van der Waals surface area (Å²) in [7, 11) is 7.72. The summed E-state index contributed by atoms with van der Waals surface area (Å²) >= 11 is 0. The average Bonchev–Trinajstić information content (AvgIpc) is 2.52. The van der Waals surface area contributed by atoms with Gasteiger partial charge < -0.3 is 9.53 Å². The minimum atomic E-state index is 1.09. The number of benzene rings is 2. The second kappa shape index (κ2) is 8.30. The van der Waals surface area contributed by atoms with E-state index < -0.39 is 0 Å². The smallest absolute Gasteiger partial charge is 0.0423 e. The van der Waals surface area contributed by atoms with Gasteiger partial charge in [0.05, 0.1) is 0 Å². The number of nitrogens with one attached hydrogen (secondary N) is 1. The quantitative estimate of drug-likeness (QED) is 0.612. The normalized spacial score (nSPS) is 11.2. The van der Waals surface area contributed by atoms with Crippen molar-refractivity contribution in [2.75, 3.05) is 9.53 Å². The highest BCUT2D eigenvalue weighted by Crippen LogP contribution is 2.22. The molecule has 0 saturated carbocycles. The molecule has 0 spiro atoms. The minimum absolute atomic E-state index is 1.09. The number of hydrogen-bond acceptors (Lipinski definition) is 2. The lowest BCUT2D eigenvalue weighted by atomic mass is 10.1. The van der Waals surface area contributed by atoms with E-state index in [-0.39, 0.29) is 0 Å². The summed E-state index contributed by atoms with van der Waals surface area (Å²) in [5, 5.41) is 3.03. The molecular formula is C16H19N2P3.